The van der Waals surface area contributed by atoms with Crippen molar-refractivity contribution < 1.29 is 61.8 Å². The molecular formula is C34H35F4N2NaO3. The molecule has 1 aliphatic carbocycles. The first-order valence-electron chi connectivity index (χ1n) is 15.0. The monoisotopic (exact) mass is 618 g/mol. The van der Waals surface area contributed by atoms with Crippen molar-refractivity contribution in [3.8, 4) is 16.9 Å². The second kappa shape index (κ2) is 13.1. The van der Waals surface area contributed by atoms with E-state index in [1.165, 1.54) is 6.20 Å². The van der Waals surface area contributed by atoms with Crippen LogP contribution in [0.3, 0.4) is 0 Å². The summed E-state index contributed by atoms with van der Waals surface area (Å²) in [6.07, 6.45) is 0.130. The minimum atomic E-state index is -4.24. The number of nitrogens with zero attached hydrogens (tertiary/aromatic N) is 2. The second-order valence-electron chi connectivity index (χ2n) is 12.5. The zero-order chi connectivity index (χ0) is 30.5. The number of pyridine rings is 1. The molecule has 2 aliphatic heterocycles. The van der Waals surface area contributed by atoms with Crippen LogP contribution in [0.4, 0.5) is 17.6 Å². The molecule has 3 aliphatic rings. The molecule has 10 heteroatoms. The molecule has 44 heavy (non-hydrogen) atoms. The van der Waals surface area contributed by atoms with Gasteiger partial charge in [-0.15, -0.1) is 0 Å². The van der Waals surface area contributed by atoms with Gasteiger partial charge in [-0.25, -0.2) is 4.39 Å². The van der Waals surface area contributed by atoms with Crippen molar-refractivity contribution in [2.45, 2.75) is 70.7 Å². The number of likely N-dealkylation sites (tertiary alicyclic amines) is 1. The molecular weight excluding hydrogens is 583 g/mol. The van der Waals surface area contributed by atoms with Gasteiger partial charge in [-0.2, -0.15) is 13.2 Å². The minimum Gasteiger partial charge on any atom is -0.550 e. The van der Waals surface area contributed by atoms with Crippen LogP contribution >= 0.6 is 0 Å². The van der Waals surface area contributed by atoms with E-state index in [4.69, 9.17) is 4.74 Å². The average Bonchev–Trinajstić information content (AvgIpc) is 3.68. The van der Waals surface area contributed by atoms with E-state index < -0.39 is 29.8 Å². The second-order valence-corrected chi connectivity index (χ2v) is 12.5. The molecule has 1 aromatic heterocycles. The van der Waals surface area contributed by atoms with Crippen LogP contribution in [-0.4, -0.2) is 35.1 Å². The third-order valence-electron chi connectivity index (χ3n) is 9.37. The molecule has 1 saturated carbocycles. The topological polar surface area (TPSA) is 65.5 Å². The van der Waals surface area contributed by atoms with E-state index in [1.807, 2.05) is 36.4 Å². The van der Waals surface area contributed by atoms with Crippen LogP contribution in [0, 0.1) is 30.5 Å². The number of hydrogen-bond donors (Lipinski definition) is 0. The van der Waals surface area contributed by atoms with Gasteiger partial charge in [-0.05, 0) is 97.4 Å². The predicted octanol–water partition coefficient (Wildman–Crippen LogP) is 3.53. The van der Waals surface area contributed by atoms with E-state index in [0.29, 0.717) is 35.7 Å². The van der Waals surface area contributed by atoms with Gasteiger partial charge in [-0.3, -0.25) is 9.88 Å². The van der Waals surface area contributed by atoms with Crippen LogP contribution in [0.15, 0.2) is 48.7 Å². The molecule has 5 nitrogen and oxygen atoms in total. The zero-order valence-corrected chi connectivity index (χ0v) is 27.3. The van der Waals surface area contributed by atoms with Gasteiger partial charge in [0.15, 0.2) is 0 Å². The largest absolute Gasteiger partial charge is 1.00 e. The Morgan fingerprint density at radius 1 is 1.09 bits per heavy atom. The van der Waals surface area contributed by atoms with E-state index in [1.54, 1.807) is 24.8 Å². The fourth-order valence-corrected chi connectivity index (χ4v) is 6.84. The summed E-state index contributed by atoms with van der Waals surface area (Å²) in [5.74, 6) is -2.61. The number of ether oxygens (including phenoxy) is 1. The van der Waals surface area contributed by atoms with Gasteiger partial charge in [-0.1, -0.05) is 37.3 Å². The predicted molar refractivity (Wildman–Crippen MR) is 152 cm³/mol. The van der Waals surface area contributed by atoms with Crippen LogP contribution in [0.2, 0.25) is 0 Å². The first kappa shape index (κ1) is 32.9. The number of aliphatic carboxylic acids is 1. The van der Waals surface area contributed by atoms with Crippen molar-refractivity contribution in [1.29, 1.82) is 0 Å². The van der Waals surface area contributed by atoms with Crippen molar-refractivity contribution in [2.75, 3.05) is 13.1 Å². The maximum absolute atomic E-state index is 15.0. The summed E-state index contributed by atoms with van der Waals surface area (Å²) in [6, 6.07) is 13.3. The van der Waals surface area contributed by atoms with E-state index in [9.17, 15) is 27.5 Å². The number of rotatable bonds is 8. The number of carboxylic acids is 1. The SMILES string of the molecule is Cc1cc(-c2ccc(C3CCc4ccc([C@H](C5CC5)[C@H](C)C(=O)[O-])cc4O3)cc2CN2CC[C@H](C(F)(F)F)C2)c(F)cn1.[Na+]. The molecule has 4 atom stereocenters. The molecule has 228 valence electrons. The summed E-state index contributed by atoms with van der Waals surface area (Å²) in [4.78, 5) is 17.6. The van der Waals surface area contributed by atoms with Gasteiger partial charge >= 0.3 is 35.7 Å². The summed E-state index contributed by atoms with van der Waals surface area (Å²) in [6.45, 7) is 3.96. The Hall–Kier alpha value is -2.46. The Morgan fingerprint density at radius 2 is 1.86 bits per heavy atom. The minimum absolute atomic E-state index is 0. The fraction of sp³-hybridized carbons (Fsp3) is 0.471. The Kier molecular flexibility index (Phi) is 9.81. The number of hydrogen-bond acceptors (Lipinski definition) is 5. The van der Waals surface area contributed by atoms with E-state index in [0.717, 1.165) is 47.3 Å². The number of aromatic nitrogens is 1. The third-order valence-corrected chi connectivity index (χ3v) is 9.37. The quantitative estimate of drug-likeness (QED) is 0.286. The van der Waals surface area contributed by atoms with Crippen LogP contribution in [-0.2, 0) is 17.8 Å². The smallest absolute Gasteiger partial charge is 0.550 e. The standard InChI is InChI=1S/C34H36F4N2O3.Na/c1-19-13-28(29(35)16-39-19)27-9-7-23(14-25(27)17-40-12-11-26(18-40)34(36,37)38)30-10-8-21-3-6-24(15-31(21)43-30)32(22-4-5-22)20(2)33(41)42;/h3,6-7,9,13-16,20,22,26,30,32H,4-5,8,10-12,17-18H2,1-2H3,(H,41,42);/q;+1/p-1/t20-,26-,30?,32-;/m0./s1. The van der Waals surface area contributed by atoms with Gasteiger partial charge in [0.05, 0.1) is 12.1 Å². The first-order chi connectivity index (χ1) is 20.5. The Bertz CT molecular complexity index is 1530. The first-order valence-corrected chi connectivity index (χ1v) is 15.0. The fourth-order valence-electron chi connectivity index (χ4n) is 6.84. The van der Waals surface area contributed by atoms with Gasteiger partial charge in [0.2, 0.25) is 0 Å². The summed E-state index contributed by atoms with van der Waals surface area (Å²) < 4.78 is 61.7. The van der Waals surface area contributed by atoms with Gasteiger partial charge in [0, 0.05) is 36.2 Å². The van der Waals surface area contributed by atoms with Crippen molar-refractivity contribution in [3.05, 3.63) is 82.4 Å². The molecule has 2 aromatic carbocycles. The van der Waals surface area contributed by atoms with Gasteiger partial charge in [0.25, 0.3) is 0 Å². The third kappa shape index (κ3) is 7.01. The van der Waals surface area contributed by atoms with Crippen LogP contribution in [0.1, 0.15) is 72.6 Å². The molecule has 0 N–H and O–H groups in total. The van der Waals surface area contributed by atoms with Crippen LogP contribution < -0.4 is 39.4 Å². The number of carboxylic acid groups (broad SMARTS) is 1. The number of carbonyl (C=O) groups is 1. The number of alkyl halides is 3. The van der Waals surface area contributed by atoms with Crippen molar-refractivity contribution in [2.24, 2.45) is 17.8 Å². The average molecular weight is 619 g/mol. The Labute approximate surface area is 277 Å². The molecule has 2 fully saturated rings. The number of aryl methyl sites for hydroxylation is 2. The zero-order valence-electron chi connectivity index (χ0n) is 25.3. The Balaban J connectivity index is 0.00000384. The number of halogens is 4. The van der Waals surface area contributed by atoms with Crippen molar-refractivity contribution in [3.63, 3.8) is 0 Å². The number of fused-ring (bicyclic) bond motifs is 1. The van der Waals surface area contributed by atoms with Gasteiger partial charge < -0.3 is 14.6 Å². The summed E-state index contributed by atoms with van der Waals surface area (Å²) in [7, 11) is 0. The molecule has 0 spiro atoms. The molecule has 1 unspecified atom stereocenters. The molecule has 3 aromatic rings. The van der Waals surface area contributed by atoms with E-state index in [-0.39, 0.29) is 61.1 Å². The van der Waals surface area contributed by atoms with Crippen molar-refractivity contribution >= 4 is 5.97 Å². The van der Waals surface area contributed by atoms with Crippen LogP contribution in [0.5, 0.6) is 5.75 Å². The molecule has 3 heterocycles. The molecule has 0 amide bonds. The molecule has 6 rings (SSSR count). The molecule has 0 bridgehead atoms. The normalized spacial score (nSPS) is 21.6. The maximum Gasteiger partial charge on any atom is 1.00 e. The van der Waals surface area contributed by atoms with Crippen LogP contribution in [0.25, 0.3) is 11.1 Å². The maximum atomic E-state index is 15.0. The number of benzene rings is 2. The number of carbonyl (C=O) groups excluding carboxylic acids is 1. The van der Waals surface area contributed by atoms with Crippen molar-refractivity contribution in [1.82, 2.24) is 9.88 Å². The van der Waals surface area contributed by atoms with Gasteiger partial charge in [0.1, 0.15) is 17.7 Å². The summed E-state index contributed by atoms with van der Waals surface area (Å²) in [5.41, 5.74) is 5.24. The summed E-state index contributed by atoms with van der Waals surface area (Å²) in [5, 5.41) is 11.7. The Morgan fingerprint density at radius 3 is 2.55 bits per heavy atom. The molecule has 1 saturated heterocycles. The summed E-state index contributed by atoms with van der Waals surface area (Å²) >= 11 is 0. The molecule has 0 radical (unpaired) electrons. The van der Waals surface area contributed by atoms with E-state index >= 15 is 0 Å². The van der Waals surface area contributed by atoms with E-state index in [2.05, 4.69) is 4.98 Å².